The highest BCUT2D eigenvalue weighted by atomic mass is 19.1. The molecular weight excluding hydrogens is 383 g/mol. The van der Waals surface area contributed by atoms with Crippen molar-refractivity contribution in [2.45, 2.75) is 19.9 Å². The molecule has 0 radical (unpaired) electrons. The van der Waals surface area contributed by atoms with Crippen molar-refractivity contribution in [1.29, 1.82) is 5.26 Å². The number of hydrogen-bond acceptors (Lipinski definition) is 4. The minimum Gasteiger partial charge on any atom is -0.323 e. The molecule has 0 aliphatic rings. The molecule has 2 aromatic carbocycles. The van der Waals surface area contributed by atoms with E-state index in [0.717, 1.165) is 0 Å². The lowest BCUT2D eigenvalue weighted by atomic mass is 10.1. The van der Waals surface area contributed by atoms with Crippen LogP contribution in [0.5, 0.6) is 0 Å². The van der Waals surface area contributed by atoms with E-state index in [9.17, 15) is 14.0 Å². The summed E-state index contributed by atoms with van der Waals surface area (Å²) in [7, 11) is 0. The van der Waals surface area contributed by atoms with Gasteiger partial charge in [0.1, 0.15) is 5.82 Å². The molecule has 1 amide bonds. The summed E-state index contributed by atoms with van der Waals surface area (Å²) in [6.45, 7) is 1.89. The lowest BCUT2D eigenvalue weighted by Gasteiger charge is -2.03. The highest BCUT2D eigenvalue weighted by Gasteiger charge is 2.10. The van der Waals surface area contributed by atoms with Gasteiger partial charge in [-0.05, 0) is 61.5 Å². The molecule has 0 saturated heterocycles. The monoisotopic (exact) mass is 402 g/mol. The van der Waals surface area contributed by atoms with Crippen LogP contribution < -0.4 is 5.32 Å². The van der Waals surface area contributed by atoms with Crippen molar-refractivity contribution < 1.29 is 14.0 Å². The van der Waals surface area contributed by atoms with Gasteiger partial charge in [0, 0.05) is 34.7 Å². The Morgan fingerprint density at radius 1 is 1.17 bits per heavy atom. The van der Waals surface area contributed by atoms with Gasteiger partial charge in [-0.2, -0.15) is 10.4 Å². The molecule has 1 heterocycles. The first-order valence-electron chi connectivity index (χ1n) is 9.26. The number of halogens is 1. The van der Waals surface area contributed by atoms with Crippen LogP contribution in [0.15, 0.2) is 60.8 Å². The van der Waals surface area contributed by atoms with Crippen LogP contribution in [0.2, 0.25) is 0 Å². The van der Waals surface area contributed by atoms with E-state index in [1.54, 1.807) is 53.4 Å². The summed E-state index contributed by atoms with van der Waals surface area (Å²) in [6.07, 6.45) is 5.03. The average molecular weight is 402 g/mol. The number of hydrogen-bond donors (Lipinski definition) is 1. The number of anilines is 1. The third kappa shape index (κ3) is 5.26. The summed E-state index contributed by atoms with van der Waals surface area (Å²) >= 11 is 0. The molecule has 0 bridgehead atoms. The minimum atomic E-state index is -0.352. The molecule has 0 aliphatic carbocycles. The Morgan fingerprint density at radius 2 is 1.87 bits per heavy atom. The number of Topliss-reactive ketones (excluding diaryl/α,β-unsaturated/α-hetero) is 1. The standard InChI is InChI=1S/C23H19FN4O2/c1-16(29)17-5-10-21(11-6-17)26-22(30)12-7-19-15-28(14-2-13-25)27-23(19)18-3-8-20(24)9-4-18/h3-12,15H,2,14H2,1H3,(H,26,30). The molecule has 1 N–H and O–H groups in total. The highest BCUT2D eigenvalue weighted by molar-refractivity contribution is 6.02. The fraction of sp³-hybridized carbons (Fsp3) is 0.130. The number of carbonyl (C=O) groups is 2. The smallest absolute Gasteiger partial charge is 0.248 e. The van der Waals surface area contributed by atoms with Crippen LogP contribution >= 0.6 is 0 Å². The second kappa shape index (κ2) is 9.43. The van der Waals surface area contributed by atoms with Crippen LogP contribution in [-0.2, 0) is 11.3 Å². The van der Waals surface area contributed by atoms with Crippen molar-refractivity contribution in [2.75, 3.05) is 5.32 Å². The normalized spacial score (nSPS) is 10.7. The number of carbonyl (C=O) groups excluding carboxylic acids is 2. The first-order chi connectivity index (χ1) is 14.5. The average Bonchev–Trinajstić information content (AvgIpc) is 3.14. The highest BCUT2D eigenvalue weighted by Crippen LogP contribution is 2.24. The van der Waals surface area contributed by atoms with Crippen molar-refractivity contribution in [3.8, 4) is 17.3 Å². The summed E-state index contributed by atoms with van der Waals surface area (Å²) in [4.78, 5) is 23.6. The number of amides is 1. The predicted molar refractivity (Wildman–Crippen MR) is 112 cm³/mol. The first-order valence-corrected chi connectivity index (χ1v) is 9.26. The van der Waals surface area contributed by atoms with Gasteiger partial charge in [0.15, 0.2) is 5.78 Å². The van der Waals surface area contributed by atoms with Crippen molar-refractivity contribution in [2.24, 2.45) is 0 Å². The maximum absolute atomic E-state index is 13.3. The number of benzene rings is 2. The number of rotatable bonds is 7. The van der Waals surface area contributed by atoms with E-state index in [-0.39, 0.29) is 17.5 Å². The molecule has 0 aliphatic heterocycles. The quantitative estimate of drug-likeness (QED) is 0.467. The van der Waals surface area contributed by atoms with Gasteiger partial charge in [-0.15, -0.1) is 0 Å². The van der Waals surface area contributed by atoms with Crippen LogP contribution in [0.1, 0.15) is 29.3 Å². The zero-order valence-electron chi connectivity index (χ0n) is 16.3. The van der Waals surface area contributed by atoms with Gasteiger partial charge in [-0.1, -0.05) is 0 Å². The molecule has 3 aromatic rings. The van der Waals surface area contributed by atoms with E-state index in [2.05, 4.69) is 16.5 Å². The summed E-state index contributed by atoms with van der Waals surface area (Å²) in [5.74, 6) is -0.746. The molecule has 3 rings (SSSR count). The fourth-order valence-corrected chi connectivity index (χ4v) is 2.81. The summed E-state index contributed by atoms with van der Waals surface area (Å²) in [6, 6.07) is 14.6. The molecule has 0 spiro atoms. The number of nitrogens with zero attached hydrogens (tertiary/aromatic N) is 3. The SMILES string of the molecule is CC(=O)c1ccc(NC(=O)C=Cc2cn(CCC#N)nc2-c2ccc(F)cc2)cc1. The van der Waals surface area contributed by atoms with E-state index in [0.29, 0.717) is 41.0 Å². The van der Waals surface area contributed by atoms with Gasteiger partial charge >= 0.3 is 0 Å². The zero-order valence-corrected chi connectivity index (χ0v) is 16.3. The number of nitriles is 1. The maximum Gasteiger partial charge on any atom is 0.248 e. The lowest BCUT2D eigenvalue weighted by Crippen LogP contribution is -2.07. The molecule has 0 fully saturated rings. The number of aryl methyl sites for hydroxylation is 1. The van der Waals surface area contributed by atoms with Gasteiger partial charge in [-0.3, -0.25) is 14.3 Å². The molecular formula is C23H19FN4O2. The Bertz CT molecular complexity index is 1120. The van der Waals surface area contributed by atoms with E-state index < -0.39 is 0 Å². The topological polar surface area (TPSA) is 87.8 Å². The molecule has 0 unspecified atom stereocenters. The predicted octanol–water partition coefficient (Wildman–Crippen LogP) is 4.46. The second-order valence-electron chi connectivity index (χ2n) is 6.57. The maximum atomic E-state index is 13.3. The van der Waals surface area contributed by atoms with Crippen molar-refractivity contribution in [1.82, 2.24) is 9.78 Å². The number of nitrogens with one attached hydrogen (secondary N) is 1. The molecule has 1 aromatic heterocycles. The van der Waals surface area contributed by atoms with E-state index >= 15 is 0 Å². The second-order valence-corrected chi connectivity index (χ2v) is 6.57. The summed E-state index contributed by atoms with van der Waals surface area (Å²) in [5, 5.41) is 16.0. The number of aromatic nitrogens is 2. The Labute approximate surface area is 173 Å². The molecule has 7 heteroatoms. The van der Waals surface area contributed by atoms with Gasteiger partial charge in [0.05, 0.1) is 24.7 Å². The van der Waals surface area contributed by atoms with Crippen LogP contribution in [0.25, 0.3) is 17.3 Å². The molecule has 6 nitrogen and oxygen atoms in total. The fourth-order valence-electron chi connectivity index (χ4n) is 2.81. The van der Waals surface area contributed by atoms with Crippen LogP contribution in [0, 0.1) is 17.1 Å². The van der Waals surface area contributed by atoms with Crippen LogP contribution in [-0.4, -0.2) is 21.5 Å². The van der Waals surface area contributed by atoms with Gasteiger partial charge in [0.25, 0.3) is 0 Å². The van der Waals surface area contributed by atoms with Crippen molar-refractivity contribution in [3.05, 3.63) is 77.7 Å². The van der Waals surface area contributed by atoms with Crippen molar-refractivity contribution in [3.63, 3.8) is 0 Å². The molecule has 150 valence electrons. The zero-order chi connectivity index (χ0) is 21.5. The van der Waals surface area contributed by atoms with Gasteiger partial charge in [-0.25, -0.2) is 4.39 Å². The van der Waals surface area contributed by atoms with Crippen molar-refractivity contribution >= 4 is 23.5 Å². The van der Waals surface area contributed by atoms with Gasteiger partial charge in [0.2, 0.25) is 5.91 Å². The Balaban J connectivity index is 1.79. The number of ketones is 1. The summed E-state index contributed by atoms with van der Waals surface area (Å²) in [5.41, 5.74) is 3.09. The Kier molecular flexibility index (Phi) is 6.50. The summed E-state index contributed by atoms with van der Waals surface area (Å²) < 4.78 is 14.9. The van der Waals surface area contributed by atoms with Crippen LogP contribution in [0.3, 0.4) is 0 Å². The van der Waals surface area contributed by atoms with Crippen LogP contribution in [0.4, 0.5) is 10.1 Å². The molecule has 0 saturated carbocycles. The molecule has 0 atom stereocenters. The first kappa shape index (κ1) is 20.7. The molecule has 30 heavy (non-hydrogen) atoms. The van der Waals surface area contributed by atoms with Gasteiger partial charge < -0.3 is 5.32 Å². The Hall–Kier alpha value is -4.05. The lowest BCUT2D eigenvalue weighted by molar-refractivity contribution is -0.111. The van der Waals surface area contributed by atoms with E-state index in [1.807, 2.05) is 0 Å². The Morgan fingerprint density at radius 3 is 2.50 bits per heavy atom. The van der Waals surface area contributed by atoms with E-state index in [1.165, 1.54) is 25.1 Å². The van der Waals surface area contributed by atoms with E-state index in [4.69, 9.17) is 5.26 Å². The third-order valence-corrected chi connectivity index (χ3v) is 4.33. The largest absolute Gasteiger partial charge is 0.323 e. The minimum absolute atomic E-state index is 0.0468. The third-order valence-electron chi connectivity index (χ3n) is 4.33.